The minimum atomic E-state index is -0.478. The Kier molecular flexibility index (Phi) is 6.76. The Hall–Kier alpha value is -2.03. The number of aliphatic hydroxyl groups is 1. The SMILES string of the molecule is CC[C@@H](C(=O)N1CCC(OCCO)CC1)n1nnc(-c2ccc(Cl)cc2)n1. The van der Waals surface area contributed by atoms with Crippen molar-refractivity contribution >= 4 is 17.5 Å². The molecule has 1 atom stereocenters. The van der Waals surface area contributed by atoms with E-state index in [9.17, 15) is 4.79 Å². The molecule has 2 heterocycles. The number of hydrogen-bond donors (Lipinski definition) is 1. The maximum absolute atomic E-state index is 12.9. The standard InChI is InChI=1S/C18H24ClN5O3/c1-2-16(18(26)23-9-7-15(8-10-23)27-12-11-25)24-21-17(20-22-24)13-3-5-14(19)6-4-13/h3-6,15-16,25H,2,7-12H2,1H3/t16-/m0/s1. The zero-order chi connectivity index (χ0) is 19.2. The number of hydrogen-bond acceptors (Lipinski definition) is 6. The second-order valence-electron chi connectivity index (χ2n) is 6.48. The molecule has 0 radical (unpaired) electrons. The lowest BCUT2D eigenvalue weighted by Gasteiger charge is -2.33. The summed E-state index contributed by atoms with van der Waals surface area (Å²) in [6.45, 7) is 3.55. The zero-order valence-corrected chi connectivity index (χ0v) is 16.0. The summed E-state index contributed by atoms with van der Waals surface area (Å²) < 4.78 is 5.56. The van der Waals surface area contributed by atoms with Crippen LogP contribution in [0.1, 0.15) is 32.2 Å². The molecule has 0 saturated carbocycles. The molecule has 1 N–H and O–H groups in total. The van der Waals surface area contributed by atoms with Gasteiger partial charge in [-0.1, -0.05) is 18.5 Å². The third-order valence-corrected chi connectivity index (χ3v) is 4.93. The Morgan fingerprint density at radius 2 is 2.04 bits per heavy atom. The van der Waals surface area contributed by atoms with Gasteiger partial charge in [-0.3, -0.25) is 4.79 Å². The highest BCUT2D eigenvalue weighted by Crippen LogP contribution is 2.21. The van der Waals surface area contributed by atoms with Crippen molar-refractivity contribution < 1.29 is 14.6 Å². The molecular weight excluding hydrogens is 370 g/mol. The van der Waals surface area contributed by atoms with E-state index in [0.29, 0.717) is 37.0 Å². The van der Waals surface area contributed by atoms with Crippen LogP contribution in [0.2, 0.25) is 5.02 Å². The van der Waals surface area contributed by atoms with Gasteiger partial charge in [0.05, 0.1) is 19.3 Å². The molecule has 9 heteroatoms. The fourth-order valence-corrected chi connectivity index (χ4v) is 3.31. The van der Waals surface area contributed by atoms with Gasteiger partial charge in [-0.2, -0.15) is 4.80 Å². The number of benzene rings is 1. The summed E-state index contributed by atoms with van der Waals surface area (Å²) in [5.41, 5.74) is 0.801. The number of amides is 1. The molecule has 0 spiro atoms. The van der Waals surface area contributed by atoms with Gasteiger partial charge in [-0.05, 0) is 48.7 Å². The molecule has 2 aromatic rings. The van der Waals surface area contributed by atoms with Crippen molar-refractivity contribution in [1.29, 1.82) is 0 Å². The summed E-state index contributed by atoms with van der Waals surface area (Å²) in [5.74, 6) is 0.465. The average Bonchev–Trinajstić information content (AvgIpc) is 3.17. The maximum Gasteiger partial charge on any atom is 0.249 e. The normalized spacial score (nSPS) is 16.5. The molecule has 0 unspecified atom stereocenters. The van der Waals surface area contributed by atoms with Gasteiger partial charge in [0.15, 0.2) is 6.04 Å². The van der Waals surface area contributed by atoms with Gasteiger partial charge in [0, 0.05) is 23.7 Å². The molecule has 1 saturated heterocycles. The molecule has 27 heavy (non-hydrogen) atoms. The van der Waals surface area contributed by atoms with Crippen molar-refractivity contribution in [3.63, 3.8) is 0 Å². The molecule has 3 rings (SSSR count). The van der Waals surface area contributed by atoms with Crippen LogP contribution < -0.4 is 0 Å². The van der Waals surface area contributed by atoms with Gasteiger partial charge in [0.25, 0.3) is 0 Å². The lowest BCUT2D eigenvalue weighted by atomic mass is 10.1. The van der Waals surface area contributed by atoms with Crippen molar-refractivity contribution in [2.75, 3.05) is 26.3 Å². The monoisotopic (exact) mass is 393 g/mol. The highest BCUT2D eigenvalue weighted by Gasteiger charge is 2.30. The number of nitrogens with zero attached hydrogens (tertiary/aromatic N) is 5. The largest absolute Gasteiger partial charge is 0.394 e. The summed E-state index contributed by atoms with van der Waals surface area (Å²) in [6.07, 6.45) is 2.21. The van der Waals surface area contributed by atoms with Crippen LogP contribution in [0.15, 0.2) is 24.3 Å². The average molecular weight is 394 g/mol. The number of rotatable bonds is 7. The van der Waals surface area contributed by atoms with Crippen LogP contribution >= 0.6 is 11.6 Å². The van der Waals surface area contributed by atoms with Gasteiger partial charge >= 0.3 is 0 Å². The van der Waals surface area contributed by atoms with Crippen molar-refractivity contribution in [2.45, 2.75) is 38.3 Å². The van der Waals surface area contributed by atoms with E-state index in [2.05, 4.69) is 15.4 Å². The molecular formula is C18H24ClN5O3. The first-order valence-electron chi connectivity index (χ1n) is 9.19. The lowest BCUT2D eigenvalue weighted by molar-refractivity contribution is -0.138. The van der Waals surface area contributed by atoms with E-state index in [1.165, 1.54) is 4.80 Å². The molecule has 1 aromatic carbocycles. The second kappa shape index (κ2) is 9.25. The van der Waals surface area contributed by atoms with E-state index in [-0.39, 0.29) is 18.6 Å². The van der Waals surface area contributed by atoms with E-state index in [1.54, 1.807) is 12.1 Å². The van der Waals surface area contributed by atoms with Crippen LogP contribution in [0.4, 0.5) is 0 Å². The van der Waals surface area contributed by atoms with Gasteiger partial charge in [-0.15, -0.1) is 10.2 Å². The summed E-state index contributed by atoms with van der Waals surface area (Å²) in [4.78, 5) is 16.2. The maximum atomic E-state index is 12.9. The molecule has 1 aromatic heterocycles. The molecule has 0 bridgehead atoms. The summed E-state index contributed by atoms with van der Waals surface area (Å²) >= 11 is 5.91. The predicted molar refractivity (Wildman–Crippen MR) is 100 cm³/mol. The Labute approximate surface area is 163 Å². The quantitative estimate of drug-likeness (QED) is 0.772. The van der Waals surface area contributed by atoms with E-state index in [1.807, 2.05) is 24.0 Å². The Balaban J connectivity index is 1.65. The minimum Gasteiger partial charge on any atom is -0.394 e. The first-order valence-corrected chi connectivity index (χ1v) is 9.57. The van der Waals surface area contributed by atoms with Gasteiger partial charge in [-0.25, -0.2) is 0 Å². The molecule has 8 nitrogen and oxygen atoms in total. The first-order chi connectivity index (χ1) is 13.1. The number of halogens is 1. The Morgan fingerprint density at radius 1 is 1.33 bits per heavy atom. The third kappa shape index (κ3) is 4.82. The summed E-state index contributed by atoms with van der Waals surface area (Å²) in [5, 5.41) is 22.1. The predicted octanol–water partition coefficient (Wildman–Crippen LogP) is 1.94. The van der Waals surface area contributed by atoms with Crippen LogP contribution in [0.3, 0.4) is 0 Å². The topological polar surface area (TPSA) is 93.4 Å². The summed E-state index contributed by atoms with van der Waals surface area (Å²) in [7, 11) is 0. The molecule has 1 fully saturated rings. The highest BCUT2D eigenvalue weighted by atomic mass is 35.5. The number of aromatic nitrogens is 4. The number of piperidine rings is 1. The van der Waals surface area contributed by atoms with Crippen LogP contribution in [-0.4, -0.2) is 68.5 Å². The van der Waals surface area contributed by atoms with E-state index >= 15 is 0 Å². The fraction of sp³-hybridized carbons (Fsp3) is 0.556. The van der Waals surface area contributed by atoms with Crippen LogP contribution in [0.5, 0.6) is 0 Å². The molecule has 0 aliphatic carbocycles. The Bertz CT molecular complexity index is 744. The Morgan fingerprint density at radius 3 is 2.67 bits per heavy atom. The number of likely N-dealkylation sites (tertiary alicyclic amines) is 1. The van der Waals surface area contributed by atoms with E-state index in [0.717, 1.165) is 18.4 Å². The van der Waals surface area contributed by atoms with E-state index in [4.69, 9.17) is 21.4 Å². The van der Waals surface area contributed by atoms with Crippen molar-refractivity contribution in [3.05, 3.63) is 29.3 Å². The molecule has 146 valence electrons. The lowest BCUT2D eigenvalue weighted by Crippen LogP contribution is -2.44. The molecule has 1 aliphatic rings. The minimum absolute atomic E-state index is 0.00170. The van der Waals surface area contributed by atoms with Crippen molar-refractivity contribution in [3.8, 4) is 11.4 Å². The first kappa shape index (κ1) is 19.7. The van der Waals surface area contributed by atoms with Crippen molar-refractivity contribution in [1.82, 2.24) is 25.1 Å². The van der Waals surface area contributed by atoms with E-state index < -0.39 is 6.04 Å². The number of aliphatic hydroxyl groups excluding tert-OH is 1. The number of ether oxygens (including phenoxy) is 1. The van der Waals surface area contributed by atoms with Crippen LogP contribution in [0, 0.1) is 0 Å². The smallest absolute Gasteiger partial charge is 0.249 e. The molecule has 1 aliphatic heterocycles. The highest BCUT2D eigenvalue weighted by molar-refractivity contribution is 6.30. The van der Waals surface area contributed by atoms with Gasteiger partial charge < -0.3 is 14.7 Å². The number of carbonyl (C=O) groups excluding carboxylic acids is 1. The van der Waals surface area contributed by atoms with Gasteiger partial charge in [0.2, 0.25) is 11.7 Å². The zero-order valence-electron chi connectivity index (χ0n) is 15.3. The third-order valence-electron chi connectivity index (χ3n) is 4.68. The van der Waals surface area contributed by atoms with Crippen molar-refractivity contribution in [2.24, 2.45) is 0 Å². The van der Waals surface area contributed by atoms with Gasteiger partial charge in [0.1, 0.15) is 0 Å². The number of tetrazole rings is 1. The summed E-state index contributed by atoms with van der Waals surface area (Å²) in [6, 6.07) is 6.70. The fourth-order valence-electron chi connectivity index (χ4n) is 3.18. The van der Waals surface area contributed by atoms with Crippen LogP contribution in [0.25, 0.3) is 11.4 Å². The second-order valence-corrected chi connectivity index (χ2v) is 6.92. The van der Waals surface area contributed by atoms with Crippen LogP contribution in [-0.2, 0) is 9.53 Å². The number of carbonyl (C=O) groups is 1. The molecule has 1 amide bonds.